The van der Waals surface area contributed by atoms with Crippen LogP contribution in [-0.4, -0.2) is 16.6 Å². The van der Waals surface area contributed by atoms with Crippen molar-refractivity contribution in [3.8, 4) is 0 Å². The highest BCUT2D eigenvalue weighted by molar-refractivity contribution is 6.12. The maximum Gasteiger partial charge on any atom is 0.157 e. The summed E-state index contributed by atoms with van der Waals surface area (Å²) >= 11 is 0. The molecule has 2 aromatic rings. The van der Waals surface area contributed by atoms with Crippen LogP contribution < -0.4 is 0 Å². The van der Waals surface area contributed by atoms with Crippen LogP contribution in [-0.2, 0) is 4.84 Å². The van der Waals surface area contributed by atoms with Gasteiger partial charge in [0.2, 0.25) is 0 Å². The van der Waals surface area contributed by atoms with Gasteiger partial charge in [-0.05, 0) is 35.4 Å². The number of hydrogen-bond acceptors (Lipinski definition) is 4. The highest BCUT2D eigenvalue weighted by Gasteiger charge is 2.24. The van der Waals surface area contributed by atoms with E-state index in [1.54, 1.807) is 12.1 Å². The van der Waals surface area contributed by atoms with E-state index < -0.39 is 0 Å². The molecule has 1 atom stereocenters. The standard InChI is InChI=1S/C17H14F2N2O2/c18-13-5-1-11(2-6-13)16(20-22)9-15-10-17(23-21-15)12-3-7-14(19)8-4-12/h1-8,17,22H,9-10H2/b20-16+. The molecular formula is C17H14F2N2O2. The Labute approximate surface area is 131 Å². The molecule has 0 saturated heterocycles. The fraction of sp³-hybridized carbons (Fsp3) is 0.176. The Morgan fingerprint density at radius 3 is 2.30 bits per heavy atom. The molecule has 0 saturated carbocycles. The monoisotopic (exact) mass is 316 g/mol. The fourth-order valence-corrected chi connectivity index (χ4v) is 2.42. The van der Waals surface area contributed by atoms with Crippen molar-refractivity contribution in [1.29, 1.82) is 0 Å². The van der Waals surface area contributed by atoms with E-state index in [-0.39, 0.29) is 17.7 Å². The van der Waals surface area contributed by atoms with Crippen LogP contribution in [0.25, 0.3) is 0 Å². The van der Waals surface area contributed by atoms with E-state index in [1.165, 1.54) is 36.4 Å². The summed E-state index contributed by atoms with van der Waals surface area (Å²) in [6.45, 7) is 0. The Bertz CT molecular complexity index is 740. The SMILES string of the molecule is O/N=C(\CC1=NOC(c2ccc(F)cc2)C1)c1ccc(F)cc1. The van der Waals surface area contributed by atoms with Gasteiger partial charge in [-0.2, -0.15) is 0 Å². The predicted molar refractivity (Wildman–Crippen MR) is 81.6 cm³/mol. The summed E-state index contributed by atoms with van der Waals surface area (Å²) in [5.41, 5.74) is 2.53. The second kappa shape index (κ2) is 6.56. The number of hydrogen-bond donors (Lipinski definition) is 1. The van der Waals surface area contributed by atoms with Gasteiger partial charge < -0.3 is 10.0 Å². The van der Waals surface area contributed by atoms with E-state index in [0.29, 0.717) is 29.8 Å². The smallest absolute Gasteiger partial charge is 0.157 e. The lowest BCUT2D eigenvalue weighted by Crippen LogP contribution is -2.09. The van der Waals surface area contributed by atoms with Crippen LogP contribution in [0.3, 0.4) is 0 Å². The van der Waals surface area contributed by atoms with Crippen molar-refractivity contribution in [2.24, 2.45) is 10.3 Å². The second-order valence-corrected chi connectivity index (χ2v) is 5.24. The van der Waals surface area contributed by atoms with Crippen LogP contribution in [0.4, 0.5) is 8.78 Å². The van der Waals surface area contributed by atoms with E-state index in [4.69, 9.17) is 4.84 Å². The molecule has 0 amide bonds. The van der Waals surface area contributed by atoms with Crippen LogP contribution in [0.2, 0.25) is 0 Å². The van der Waals surface area contributed by atoms with Gasteiger partial charge in [-0.15, -0.1) is 0 Å². The average Bonchev–Trinajstić information content (AvgIpc) is 3.03. The third-order valence-corrected chi connectivity index (χ3v) is 3.64. The van der Waals surface area contributed by atoms with Crippen LogP contribution in [0.1, 0.15) is 30.1 Å². The predicted octanol–water partition coefficient (Wildman–Crippen LogP) is 4.05. The lowest BCUT2D eigenvalue weighted by molar-refractivity contribution is 0.0856. The van der Waals surface area contributed by atoms with E-state index >= 15 is 0 Å². The van der Waals surface area contributed by atoms with Crippen molar-refractivity contribution in [3.05, 3.63) is 71.3 Å². The van der Waals surface area contributed by atoms with Gasteiger partial charge in [0, 0.05) is 12.8 Å². The van der Waals surface area contributed by atoms with Crippen molar-refractivity contribution in [2.45, 2.75) is 18.9 Å². The quantitative estimate of drug-likeness (QED) is 0.525. The number of rotatable bonds is 4. The van der Waals surface area contributed by atoms with Crippen LogP contribution in [0.15, 0.2) is 58.8 Å². The molecule has 6 heteroatoms. The molecule has 2 aromatic carbocycles. The first-order valence-corrected chi connectivity index (χ1v) is 7.09. The zero-order valence-electron chi connectivity index (χ0n) is 12.1. The maximum atomic E-state index is 13.0. The highest BCUT2D eigenvalue weighted by Crippen LogP contribution is 2.28. The summed E-state index contributed by atoms with van der Waals surface area (Å²) in [7, 11) is 0. The van der Waals surface area contributed by atoms with E-state index in [9.17, 15) is 14.0 Å². The number of oxime groups is 2. The van der Waals surface area contributed by atoms with Crippen LogP contribution in [0.5, 0.6) is 0 Å². The van der Waals surface area contributed by atoms with Crippen molar-refractivity contribution in [2.75, 3.05) is 0 Å². The normalized spacial score (nSPS) is 17.7. The summed E-state index contributed by atoms with van der Waals surface area (Å²) in [5, 5.41) is 16.5. The molecule has 0 bridgehead atoms. The maximum absolute atomic E-state index is 13.0. The van der Waals surface area contributed by atoms with Crippen molar-refractivity contribution in [3.63, 3.8) is 0 Å². The second-order valence-electron chi connectivity index (χ2n) is 5.24. The Morgan fingerprint density at radius 1 is 1.09 bits per heavy atom. The Morgan fingerprint density at radius 2 is 1.70 bits per heavy atom. The van der Waals surface area contributed by atoms with Crippen molar-refractivity contribution in [1.82, 2.24) is 0 Å². The molecule has 3 rings (SSSR count). The van der Waals surface area contributed by atoms with Gasteiger partial charge in [-0.3, -0.25) is 0 Å². The molecule has 118 valence electrons. The highest BCUT2D eigenvalue weighted by atomic mass is 19.1. The molecule has 0 fully saturated rings. The molecule has 4 nitrogen and oxygen atoms in total. The molecule has 0 radical (unpaired) electrons. The lowest BCUT2D eigenvalue weighted by Gasteiger charge is -2.08. The fourth-order valence-electron chi connectivity index (χ4n) is 2.42. The third kappa shape index (κ3) is 3.53. The number of benzene rings is 2. The first-order valence-electron chi connectivity index (χ1n) is 7.09. The molecule has 1 heterocycles. The van der Waals surface area contributed by atoms with Crippen molar-refractivity contribution >= 4 is 11.4 Å². The first-order chi connectivity index (χ1) is 11.2. The molecule has 0 spiro atoms. The van der Waals surface area contributed by atoms with E-state index in [1.807, 2.05) is 0 Å². The number of nitrogens with zero attached hydrogens (tertiary/aromatic N) is 2. The van der Waals surface area contributed by atoms with Gasteiger partial charge in [0.25, 0.3) is 0 Å². The molecule has 23 heavy (non-hydrogen) atoms. The first kappa shape index (κ1) is 15.1. The molecular weight excluding hydrogens is 302 g/mol. The minimum Gasteiger partial charge on any atom is -0.411 e. The Hall–Kier alpha value is -2.76. The van der Waals surface area contributed by atoms with E-state index in [0.717, 1.165) is 5.56 Å². The van der Waals surface area contributed by atoms with Crippen molar-refractivity contribution < 1.29 is 18.8 Å². The minimum atomic E-state index is -0.357. The van der Waals surface area contributed by atoms with Gasteiger partial charge >= 0.3 is 0 Å². The Kier molecular flexibility index (Phi) is 4.32. The zero-order chi connectivity index (χ0) is 16.2. The van der Waals surface area contributed by atoms with Gasteiger partial charge in [0.15, 0.2) is 6.10 Å². The van der Waals surface area contributed by atoms with Gasteiger partial charge in [-0.1, -0.05) is 34.6 Å². The summed E-state index contributed by atoms with van der Waals surface area (Å²) in [4.78, 5) is 5.36. The lowest BCUT2D eigenvalue weighted by atomic mass is 9.99. The molecule has 1 N–H and O–H groups in total. The van der Waals surface area contributed by atoms with E-state index in [2.05, 4.69) is 10.3 Å². The summed E-state index contributed by atoms with van der Waals surface area (Å²) in [5.74, 6) is -0.664. The molecule has 1 aliphatic rings. The molecule has 0 aromatic heterocycles. The summed E-state index contributed by atoms with van der Waals surface area (Å²) < 4.78 is 25.9. The van der Waals surface area contributed by atoms with Crippen LogP contribution in [0, 0.1) is 11.6 Å². The summed E-state index contributed by atoms with van der Waals surface area (Å²) in [6, 6.07) is 11.7. The number of halogens is 2. The molecule has 1 unspecified atom stereocenters. The van der Waals surface area contributed by atoms with Gasteiger partial charge in [0.05, 0.1) is 11.4 Å². The zero-order valence-corrected chi connectivity index (χ0v) is 12.1. The van der Waals surface area contributed by atoms with Gasteiger partial charge in [0.1, 0.15) is 11.6 Å². The average molecular weight is 316 g/mol. The minimum absolute atomic E-state index is 0.279. The van der Waals surface area contributed by atoms with Crippen LogP contribution >= 0.6 is 0 Å². The van der Waals surface area contributed by atoms with Gasteiger partial charge in [-0.25, -0.2) is 8.78 Å². The molecule has 0 aliphatic carbocycles. The molecule has 1 aliphatic heterocycles. The largest absolute Gasteiger partial charge is 0.411 e. The third-order valence-electron chi connectivity index (χ3n) is 3.64. The summed E-state index contributed by atoms with van der Waals surface area (Å²) in [6.07, 6.45) is 0.532. The Balaban J connectivity index is 1.66. The topological polar surface area (TPSA) is 54.2 Å².